The van der Waals surface area contributed by atoms with Crippen LogP contribution in [0, 0.1) is 0 Å². The van der Waals surface area contributed by atoms with Gasteiger partial charge in [-0.1, -0.05) is 18.2 Å². The van der Waals surface area contributed by atoms with Crippen molar-refractivity contribution in [3.05, 3.63) is 59.7 Å². The van der Waals surface area contributed by atoms with Crippen molar-refractivity contribution in [1.29, 1.82) is 0 Å². The van der Waals surface area contributed by atoms with Crippen molar-refractivity contribution in [2.24, 2.45) is 0 Å². The van der Waals surface area contributed by atoms with E-state index in [1.807, 2.05) is 30.5 Å². The highest BCUT2D eigenvalue weighted by molar-refractivity contribution is 7.98. The molecule has 3 rings (SSSR count). The molecule has 1 aliphatic heterocycles. The Morgan fingerprint density at radius 1 is 1.20 bits per heavy atom. The molecule has 2 aromatic carbocycles. The fourth-order valence-corrected chi connectivity index (χ4v) is 3.66. The zero-order valence-electron chi connectivity index (χ0n) is 16.6. The number of carbonyl (C=O) groups is 3. The maximum Gasteiger partial charge on any atom is 0.305 e. The first kappa shape index (κ1) is 21.9. The van der Waals surface area contributed by atoms with Crippen LogP contribution in [-0.2, 0) is 14.3 Å². The lowest BCUT2D eigenvalue weighted by atomic mass is 10.0. The summed E-state index contributed by atoms with van der Waals surface area (Å²) in [5.74, 6) is -1.65. The van der Waals surface area contributed by atoms with E-state index < -0.39 is 24.0 Å². The van der Waals surface area contributed by atoms with Crippen LogP contribution in [0.5, 0.6) is 0 Å². The molecule has 1 aliphatic rings. The maximum atomic E-state index is 12.8. The number of carbonyl (C=O) groups excluding carboxylic acids is 2. The Bertz CT molecular complexity index is 910. The Morgan fingerprint density at radius 2 is 1.97 bits per heavy atom. The molecule has 7 nitrogen and oxygen atoms in total. The summed E-state index contributed by atoms with van der Waals surface area (Å²) in [6, 6.07) is 13.3. The van der Waals surface area contributed by atoms with Gasteiger partial charge in [-0.2, -0.15) is 0 Å². The lowest BCUT2D eigenvalue weighted by molar-refractivity contribution is -0.137. The normalized spacial score (nSPS) is 16.6. The quantitative estimate of drug-likeness (QED) is 0.556. The number of nitrogens with one attached hydrogen (secondary N) is 2. The molecular formula is C22H24N2O5S. The lowest BCUT2D eigenvalue weighted by Crippen LogP contribution is -2.30. The number of rotatable bonds is 8. The van der Waals surface area contributed by atoms with Gasteiger partial charge in [0.15, 0.2) is 0 Å². The zero-order valence-corrected chi connectivity index (χ0v) is 17.4. The molecule has 0 aromatic heterocycles. The van der Waals surface area contributed by atoms with Crippen LogP contribution >= 0.6 is 11.8 Å². The Labute approximate surface area is 179 Å². The molecule has 0 saturated carbocycles. The highest BCUT2D eigenvalue weighted by Crippen LogP contribution is 2.22. The average molecular weight is 429 g/mol. The third kappa shape index (κ3) is 5.84. The lowest BCUT2D eigenvalue weighted by Gasteiger charge is -2.18. The fourth-order valence-electron chi connectivity index (χ4n) is 3.25. The monoisotopic (exact) mass is 428 g/mol. The van der Waals surface area contributed by atoms with Crippen molar-refractivity contribution in [3.63, 3.8) is 0 Å². The predicted octanol–water partition coefficient (Wildman–Crippen LogP) is 3.47. The number of hydrogen-bond donors (Lipinski definition) is 3. The topological polar surface area (TPSA) is 105 Å². The van der Waals surface area contributed by atoms with Gasteiger partial charge in [-0.15, -0.1) is 11.8 Å². The first-order valence-corrected chi connectivity index (χ1v) is 10.9. The van der Waals surface area contributed by atoms with Crippen molar-refractivity contribution in [1.82, 2.24) is 5.32 Å². The van der Waals surface area contributed by atoms with Gasteiger partial charge in [0.05, 0.1) is 12.5 Å². The van der Waals surface area contributed by atoms with E-state index in [0.717, 1.165) is 11.3 Å². The highest BCUT2D eigenvalue weighted by Gasteiger charge is 2.24. The van der Waals surface area contributed by atoms with Gasteiger partial charge in [-0.25, -0.2) is 0 Å². The van der Waals surface area contributed by atoms with E-state index in [4.69, 9.17) is 4.74 Å². The third-order valence-corrected chi connectivity index (χ3v) is 5.56. The number of thioether (sulfide) groups is 1. The molecule has 3 N–H and O–H groups in total. The smallest absolute Gasteiger partial charge is 0.305 e. The zero-order chi connectivity index (χ0) is 21.5. The molecule has 1 fully saturated rings. The number of aliphatic carboxylic acids is 1. The van der Waals surface area contributed by atoms with Crippen LogP contribution in [-0.4, -0.2) is 41.9 Å². The van der Waals surface area contributed by atoms with Crippen LogP contribution in [0.25, 0.3) is 0 Å². The molecule has 8 heteroatoms. The van der Waals surface area contributed by atoms with Gasteiger partial charge in [0, 0.05) is 22.8 Å². The van der Waals surface area contributed by atoms with Gasteiger partial charge in [-0.3, -0.25) is 14.4 Å². The Morgan fingerprint density at radius 3 is 2.60 bits per heavy atom. The second kappa shape index (κ2) is 10.3. The minimum atomic E-state index is -1.01. The van der Waals surface area contributed by atoms with Crippen molar-refractivity contribution in [2.45, 2.75) is 36.3 Å². The molecule has 2 amide bonds. The van der Waals surface area contributed by atoms with Gasteiger partial charge in [0.25, 0.3) is 11.8 Å². The average Bonchev–Trinajstić information content (AvgIpc) is 3.28. The van der Waals surface area contributed by atoms with E-state index in [0.29, 0.717) is 29.8 Å². The minimum absolute atomic E-state index is 0.234. The van der Waals surface area contributed by atoms with Crippen LogP contribution < -0.4 is 10.6 Å². The minimum Gasteiger partial charge on any atom is -0.481 e. The summed E-state index contributed by atoms with van der Waals surface area (Å²) in [5.41, 5.74) is 1.53. The predicted molar refractivity (Wildman–Crippen MR) is 115 cm³/mol. The molecule has 1 heterocycles. The molecule has 158 valence electrons. The van der Waals surface area contributed by atoms with E-state index in [-0.39, 0.29) is 12.3 Å². The van der Waals surface area contributed by atoms with Crippen LogP contribution in [0.3, 0.4) is 0 Å². The number of carboxylic acid groups (broad SMARTS) is 1. The Balaban J connectivity index is 1.71. The molecule has 0 radical (unpaired) electrons. The van der Waals surface area contributed by atoms with Gasteiger partial charge in [0.2, 0.25) is 0 Å². The standard InChI is InChI=1S/C22H24N2O5S/c1-30-17-9-7-14(8-10-17)18(13-20(25)26)24-21(27)15-4-2-5-16(12-15)23-22(28)19-6-3-11-29-19/h2,4-5,7-10,12,18-19H,3,6,11,13H2,1H3,(H,23,28)(H,24,27)(H,25,26). The van der Waals surface area contributed by atoms with Crippen LogP contribution in [0.2, 0.25) is 0 Å². The van der Waals surface area contributed by atoms with Gasteiger partial charge in [-0.05, 0) is 55.0 Å². The van der Waals surface area contributed by atoms with E-state index >= 15 is 0 Å². The molecule has 30 heavy (non-hydrogen) atoms. The Kier molecular flexibility index (Phi) is 7.48. The molecule has 0 spiro atoms. The van der Waals surface area contributed by atoms with Gasteiger partial charge >= 0.3 is 5.97 Å². The number of anilines is 1. The molecule has 0 aliphatic carbocycles. The summed E-state index contributed by atoms with van der Waals surface area (Å²) >= 11 is 1.58. The third-order valence-electron chi connectivity index (χ3n) is 4.82. The second-order valence-corrected chi connectivity index (χ2v) is 7.85. The van der Waals surface area contributed by atoms with E-state index in [1.165, 1.54) is 0 Å². The SMILES string of the molecule is CSc1ccc(C(CC(=O)O)NC(=O)c2cccc(NC(=O)C3CCCO3)c2)cc1. The maximum absolute atomic E-state index is 12.8. The van der Waals surface area contributed by atoms with Gasteiger partial charge < -0.3 is 20.5 Å². The Hall–Kier alpha value is -2.84. The van der Waals surface area contributed by atoms with E-state index in [2.05, 4.69) is 10.6 Å². The molecule has 1 saturated heterocycles. The molecule has 2 aromatic rings. The number of hydrogen-bond acceptors (Lipinski definition) is 5. The van der Waals surface area contributed by atoms with Crippen LogP contribution in [0.1, 0.15) is 41.2 Å². The largest absolute Gasteiger partial charge is 0.481 e. The number of amides is 2. The van der Waals surface area contributed by atoms with Crippen molar-refractivity contribution >= 4 is 35.2 Å². The number of benzene rings is 2. The van der Waals surface area contributed by atoms with Crippen molar-refractivity contribution < 1.29 is 24.2 Å². The van der Waals surface area contributed by atoms with Gasteiger partial charge in [0.1, 0.15) is 6.10 Å². The molecule has 2 atom stereocenters. The van der Waals surface area contributed by atoms with E-state index in [1.54, 1.807) is 36.0 Å². The van der Waals surface area contributed by atoms with Crippen molar-refractivity contribution in [3.8, 4) is 0 Å². The summed E-state index contributed by atoms with van der Waals surface area (Å²) in [5, 5.41) is 14.8. The highest BCUT2D eigenvalue weighted by atomic mass is 32.2. The summed E-state index contributed by atoms with van der Waals surface area (Å²) in [7, 11) is 0. The first-order valence-electron chi connectivity index (χ1n) is 9.65. The summed E-state index contributed by atoms with van der Waals surface area (Å²) < 4.78 is 5.37. The molecule has 2 unspecified atom stereocenters. The van der Waals surface area contributed by atoms with Crippen molar-refractivity contribution in [2.75, 3.05) is 18.2 Å². The van der Waals surface area contributed by atoms with E-state index in [9.17, 15) is 19.5 Å². The number of carboxylic acids is 1. The number of ether oxygens (including phenoxy) is 1. The van der Waals surface area contributed by atoms with Crippen LogP contribution in [0.4, 0.5) is 5.69 Å². The fraction of sp³-hybridized carbons (Fsp3) is 0.318. The van der Waals surface area contributed by atoms with Crippen LogP contribution in [0.15, 0.2) is 53.4 Å². The molecule has 0 bridgehead atoms. The summed E-state index contributed by atoms with van der Waals surface area (Å²) in [6.07, 6.45) is 2.78. The summed E-state index contributed by atoms with van der Waals surface area (Å²) in [6.45, 7) is 0.573. The first-order chi connectivity index (χ1) is 14.5. The summed E-state index contributed by atoms with van der Waals surface area (Å²) in [4.78, 5) is 37.4. The second-order valence-electron chi connectivity index (χ2n) is 6.97. The molecular weight excluding hydrogens is 404 g/mol.